The van der Waals surface area contributed by atoms with Crippen LogP contribution in [0, 0.1) is 6.92 Å². The van der Waals surface area contributed by atoms with E-state index in [1.54, 1.807) is 11.8 Å². The summed E-state index contributed by atoms with van der Waals surface area (Å²) >= 11 is 1.58. The van der Waals surface area contributed by atoms with Crippen LogP contribution in [0.15, 0.2) is 53.4 Å². The van der Waals surface area contributed by atoms with Crippen molar-refractivity contribution >= 4 is 17.4 Å². The van der Waals surface area contributed by atoms with Gasteiger partial charge in [0.25, 0.3) is 0 Å². The van der Waals surface area contributed by atoms with Crippen LogP contribution < -0.4 is 5.73 Å². The van der Waals surface area contributed by atoms with E-state index in [-0.39, 0.29) is 0 Å². The molecule has 94 valence electrons. The van der Waals surface area contributed by atoms with Gasteiger partial charge in [-0.2, -0.15) is 0 Å². The van der Waals surface area contributed by atoms with Crippen LogP contribution in [0.3, 0.4) is 0 Å². The molecule has 0 bridgehead atoms. The average Bonchev–Trinajstić information content (AvgIpc) is 2.38. The van der Waals surface area contributed by atoms with Crippen LogP contribution in [0.1, 0.15) is 17.2 Å². The Morgan fingerprint density at radius 1 is 1.17 bits per heavy atom. The first-order valence-corrected chi connectivity index (χ1v) is 6.87. The highest BCUT2D eigenvalue weighted by Crippen LogP contribution is 2.29. The largest absolute Gasteiger partial charge is 0.398 e. The van der Waals surface area contributed by atoms with Crippen molar-refractivity contribution < 1.29 is 5.11 Å². The van der Waals surface area contributed by atoms with Crippen LogP contribution in [0.2, 0.25) is 0 Å². The van der Waals surface area contributed by atoms with Gasteiger partial charge in [-0.15, -0.1) is 11.8 Å². The van der Waals surface area contributed by atoms with E-state index in [4.69, 9.17) is 5.73 Å². The first-order valence-electron chi connectivity index (χ1n) is 5.89. The number of rotatable bonds is 4. The van der Waals surface area contributed by atoms with Gasteiger partial charge in [-0.25, -0.2) is 0 Å². The quantitative estimate of drug-likeness (QED) is 0.653. The Kier molecular flexibility index (Phi) is 4.28. The summed E-state index contributed by atoms with van der Waals surface area (Å²) in [6.45, 7) is 2.02. The fraction of sp³-hybridized carbons (Fsp3) is 0.200. The van der Waals surface area contributed by atoms with Crippen molar-refractivity contribution in [3.05, 3.63) is 59.7 Å². The molecule has 0 amide bonds. The molecule has 0 spiro atoms. The van der Waals surface area contributed by atoms with Crippen LogP contribution in [-0.4, -0.2) is 10.9 Å². The minimum atomic E-state index is -0.461. The van der Waals surface area contributed by atoms with Crippen molar-refractivity contribution in [2.75, 3.05) is 11.5 Å². The highest BCUT2D eigenvalue weighted by molar-refractivity contribution is 7.99. The van der Waals surface area contributed by atoms with Crippen LogP contribution in [0.25, 0.3) is 0 Å². The lowest BCUT2D eigenvalue weighted by Crippen LogP contribution is -2.00. The highest BCUT2D eigenvalue weighted by Gasteiger charge is 2.08. The summed E-state index contributed by atoms with van der Waals surface area (Å²) in [6, 6.07) is 15.7. The molecule has 0 aliphatic carbocycles. The fourth-order valence-electron chi connectivity index (χ4n) is 1.74. The first kappa shape index (κ1) is 13.0. The standard InChI is InChI=1S/C15H17NOS/c1-11-7-8-15(13(16)9-11)18-10-14(17)12-5-3-2-4-6-12/h2-9,14,17H,10,16H2,1H3. The van der Waals surface area contributed by atoms with Crippen molar-refractivity contribution in [1.29, 1.82) is 0 Å². The summed E-state index contributed by atoms with van der Waals surface area (Å²) in [7, 11) is 0. The molecule has 3 heteroatoms. The average molecular weight is 259 g/mol. The number of hydrogen-bond donors (Lipinski definition) is 2. The molecule has 0 heterocycles. The summed E-state index contributed by atoms with van der Waals surface area (Å²) in [5.41, 5.74) is 8.82. The number of nitrogens with two attached hydrogens (primary N) is 1. The van der Waals surface area contributed by atoms with Crippen molar-refractivity contribution in [2.24, 2.45) is 0 Å². The second-order valence-corrected chi connectivity index (χ2v) is 5.34. The predicted octanol–water partition coefficient (Wildman–Crippen LogP) is 3.40. The van der Waals surface area contributed by atoms with Crippen molar-refractivity contribution in [3.8, 4) is 0 Å². The lowest BCUT2D eigenvalue weighted by atomic mass is 10.1. The van der Waals surface area contributed by atoms with Gasteiger partial charge >= 0.3 is 0 Å². The maximum atomic E-state index is 10.1. The molecule has 2 aromatic carbocycles. The Morgan fingerprint density at radius 2 is 1.89 bits per heavy atom. The summed E-state index contributed by atoms with van der Waals surface area (Å²) in [6.07, 6.45) is -0.461. The number of hydrogen-bond acceptors (Lipinski definition) is 3. The van der Waals surface area contributed by atoms with E-state index in [1.807, 2.05) is 55.5 Å². The number of benzene rings is 2. The highest BCUT2D eigenvalue weighted by atomic mass is 32.2. The van der Waals surface area contributed by atoms with E-state index >= 15 is 0 Å². The number of nitrogen functional groups attached to an aromatic ring is 1. The normalized spacial score (nSPS) is 12.3. The van der Waals surface area contributed by atoms with Gasteiger partial charge in [0.2, 0.25) is 0 Å². The minimum Gasteiger partial charge on any atom is -0.398 e. The number of aliphatic hydroxyl groups is 1. The SMILES string of the molecule is Cc1ccc(SCC(O)c2ccccc2)c(N)c1. The monoisotopic (exact) mass is 259 g/mol. The number of anilines is 1. The lowest BCUT2D eigenvalue weighted by Gasteiger charge is -2.11. The van der Waals surface area contributed by atoms with E-state index in [9.17, 15) is 5.11 Å². The third-order valence-electron chi connectivity index (χ3n) is 2.75. The molecule has 1 atom stereocenters. The second-order valence-electron chi connectivity index (χ2n) is 4.28. The van der Waals surface area contributed by atoms with Gasteiger partial charge < -0.3 is 10.8 Å². The van der Waals surface area contributed by atoms with Gasteiger partial charge in [0.05, 0.1) is 6.10 Å². The Bertz CT molecular complexity index is 513. The summed E-state index contributed by atoms with van der Waals surface area (Å²) in [4.78, 5) is 1.02. The predicted molar refractivity (Wildman–Crippen MR) is 77.7 cm³/mol. The van der Waals surface area contributed by atoms with Gasteiger partial charge in [-0.1, -0.05) is 36.4 Å². The minimum absolute atomic E-state index is 0.461. The van der Waals surface area contributed by atoms with E-state index in [1.165, 1.54) is 0 Å². The molecule has 2 rings (SSSR count). The molecular formula is C15H17NOS. The fourth-order valence-corrected chi connectivity index (χ4v) is 2.66. The molecule has 0 fully saturated rings. The van der Waals surface area contributed by atoms with Crippen molar-refractivity contribution in [2.45, 2.75) is 17.9 Å². The molecule has 0 saturated carbocycles. The zero-order valence-corrected chi connectivity index (χ0v) is 11.2. The lowest BCUT2D eigenvalue weighted by molar-refractivity contribution is 0.204. The Labute approximate surface area is 112 Å². The Hall–Kier alpha value is -1.45. The van der Waals surface area contributed by atoms with E-state index in [0.717, 1.165) is 21.7 Å². The van der Waals surface area contributed by atoms with Crippen LogP contribution in [-0.2, 0) is 0 Å². The maximum absolute atomic E-state index is 10.1. The molecule has 0 aliphatic heterocycles. The molecule has 2 aromatic rings. The van der Waals surface area contributed by atoms with Crippen LogP contribution >= 0.6 is 11.8 Å². The summed E-state index contributed by atoms with van der Waals surface area (Å²) in [5, 5.41) is 10.1. The van der Waals surface area contributed by atoms with Gasteiger partial charge in [0.1, 0.15) is 0 Å². The van der Waals surface area contributed by atoms with E-state index in [2.05, 4.69) is 0 Å². The molecule has 18 heavy (non-hydrogen) atoms. The van der Waals surface area contributed by atoms with E-state index < -0.39 is 6.10 Å². The third kappa shape index (κ3) is 3.28. The molecule has 0 aliphatic rings. The second kappa shape index (κ2) is 5.94. The number of aliphatic hydroxyl groups excluding tert-OH is 1. The zero-order valence-electron chi connectivity index (χ0n) is 10.3. The van der Waals surface area contributed by atoms with Crippen LogP contribution in [0.5, 0.6) is 0 Å². The third-order valence-corrected chi connectivity index (χ3v) is 3.91. The van der Waals surface area contributed by atoms with Gasteiger partial charge in [-0.05, 0) is 30.2 Å². The smallest absolute Gasteiger partial charge is 0.0883 e. The maximum Gasteiger partial charge on any atom is 0.0883 e. The Balaban J connectivity index is 1.99. The molecule has 0 aromatic heterocycles. The molecule has 1 unspecified atom stereocenters. The summed E-state index contributed by atoms with van der Waals surface area (Å²) < 4.78 is 0. The molecular weight excluding hydrogens is 242 g/mol. The molecule has 2 nitrogen and oxygen atoms in total. The van der Waals surface area contributed by atoms with Crippen molar-refractivity contribution in [1.82, 2.24) is 0 Å². The molecule has 3 N–H and O–H groups in total. The van der Waals surface area contributed by atoms with E-state index in [0.29, 0.717) is 5.75 Å². The van der Waals surface area contributed by atoms with Crippen molar-refractivity contribution in [3.63, 3.8) is 0 Å². The number of thioether (sulfide) groups is 1. The van der Waals surface area contributed by atoms with Crippen LogP contribution in [0.4, 0.5) is 5.69 Å². The van der Waals surface area contributed by atoms with Gasteiger partial charge in [0, 0.05) is 16.3 Å². The molecule has 0 radical (unpaired) electrons. The summed E-state index contributed by atoms with van der Waals surface area (Å²) in [5.74, 6) is 0.608. The van der Waals surface area contributed by atoms with Gasteiger partial charge in [0.15, 0.2) is 0 Å². The molecule has 0 saturated heterocycles. The first-order chi connectivity index (χ1) is 8.66. The van der Waals surface area contributed by atoms with Gasteiger partial charge in [-0.3, -0.25) is 0 Å². The number of aryl methyl sites for hydroxylation is 1. The Morgan fingerprint density at radius 3 is 2.56 bits per heavy atom. The topological polar surface area (TPSA) is 46.2 Å². The zero-order chi connectivity index (χ0) is 13.0.